The first-order valence-electron chi connectivity index (χ1n) is 6.79. The third-order valence-electron chi connectivity index (χ3n) is 3.55. The Bertz CT molecular complexity index is 888. The lowest BCUT2D eigenvalue weighted by Crippen LogP contribution is -2.15. The maximum absolute atomic E-state index is 12.8. The summed E-state index contributed by atoms with van der Waals surface area (Å²) < 4.78 is 11.8. The third-order valence-corrected chi connectivity index (χ3v) is 3.98. The maximum atomic E-state index is 12.8. The second kappa shape index (κ2) is 5.14. The molecule has 22 heavy (non-hydrogen) atoms. The number of carbonyl (C=O) groups is 1. The molecule has 6 heteroatoms. The predicted molar refractivity (Wildman–Crippen MR) is 84.7 cm³/mol. The summed E-state index contributed by atoms with van der Waals surface area (Å²) in [5.41, 5.74) is 1.83. The number of hydrogen-bond donors (Lipinski definition) is 1. The summed E-state index contributed by atoms with van der Waals surface area (Å²) in [6.45, 7) is 1.02. The molecule has 5 nitrogen and oxygen atoms in total. The molecule has 110 valence electrons. The number of hydrogen-bond acceptors (Lipinski definition) is 4. The Balaban J connectivity index is 1.78. The molecule has 4 rings (SSSR count). The number of ketones is 1. The molecular weight excluding hydrogens is 348 g/mol. The van der Waals surface area contributed by atoms with Crippen LogP contribution in [0.2, 0.25) is 0 Å². The Morgan fingerprint density at radius 2 is 2.00 bits per heavy atom. The maximum Gasteiger partial charge on any atom is 0.195 e. The molecule has 1 N–H and O–H groups in total. The zero-order valence-electron chi connectivity index (χ0n) is 11.4. The minimum atomic E-state index is -0.0804. The number of nitrogens with one attached hydrogen (secondary N) is 1. The number of benzene rings is 1. The molecule has 0 saturated heterocycles. The van der Waals surface area contributed by atoms with Crippen LogP contribution in [-0.4, -0.2) is 29.0 Å². The average Bonchev–Trinajstić information content (AvgIpc) is 2.96. The van der Waals surface area contributed by atoms with E-state index < -0.39 is 0 Å². The number of pyridine rings is 1. The topological polar surface area (TPSA) is 64.2 Å². The fourth-order valence-electron chi connectivity index (χ4n) is 2.51. The quantitative estimate of drug-likeness (QED) is 0.713. The van der Waals surface area contributed by atoms with Gasteiger partial charge in [0.25, 0.3) is 0 Å². The molecule has 0 fully saturated rings. The summed E-state index contributed by atoms with van der Waals surface area (Å²) >= 11 is 3.38. The third kappa shape index (κ3) is 2.16. The molecule has 1 aliphatic heterocycles. The number of nitrogens with zero attached hydrogens (tertiary/aromatic N) is 1. The van der Waals surface area contributed by atoms with Crippen LogP contribution in [0.15, 0.2) is 41.1 Å². The Hall–Kier alpha value is -2.34. The van der Waals surface area contributed by atoms with Gasteiger partial charge in [-0.15, -0.1) is 0 Å². The normalized spacial score (nSPS) is 13.3. The number of rotatable bonds is 2. The van der Waals surface area contributed by atoms with Crippen LogP contribution in [0.25, 0.3) is 11.0 Å². The van der Waals surface area contributed by atoms with Crippen LogP contribution in [0.4, 0.5) is 0 Å². The van der Waals surface area contributed by atoms with Crippen molar-refractivity contribution in [1.29, 1.82) is 0 Å². The minimum Gasteiger partial charge on any atom is -0.486 e. The van der Waals surface area contributed by atoms with E-state index in [0.717, 1.165) is 9.86 Å². The van der Waals surface area contributed by atoms with Gasteiger partial charge in [0.2, 0.25) is 0 Å². The van der Waals surface area contributed by atoms with Gasteiger partial charge in [0, 0.05) is 33.4 Å². The van der Waals surface area contributed by atoms with Crippen LogP contribution in [0, 0.1) is 0 Å². The number of H-pyrrole nitrogens is 1. The second-order valence-corrected chi connectivity index (χ2v) is 5.86. The van der Waals surface area contributed by atoms with Crippen molar-refractivity contribution < 1.29 is 14.3 Å². The van der Waals surface area contributed by atoms with Crippen LogP contribution in [-0.2, 0) is 0 Å². The van der Waals surface area contributed by atoms with Crippen LogP contribution < -0.4 is 9.47 Å². The highest BCUT2D eigenvalue weighted by molar-refractivity contribution is 9.10. The molecule has 0 unspecified atom stereocenters. The Kier molecular flexibility index (Phi) is 3.11. The highest BCUT2D eigenvalue weighted by Crippen LogP contribution is 2.32. The Morgan fingerprint density at radius 1 is 1.18 bits per heavy atom. The van der Waals surface area contributed by atoms with Crippen molar-refractivity contribution in [3.8, 4) is 11.5 Å². The van der Waals surface area contributed by atoms with Gasteiger partial charge in [-0.25, -0.2) is 4.98 Å². The number of aromatic amines is 1. The first-order chi connectivity index (χ1) is 10.7. The van der Waals surface area contributed by atoms with Gasteiger partial charge >= 0.3 is 0 Å². The van der Waals surface area contributed by atoms with E-state index in [1.807, 2.05) is 6.07 Å². The Morgan fingerprint density at radius 3 is 2.86 bits per heavy atom. The zero-order chi connectivity index (χ0) is 15.1. The van der Waals surface area contributed by atoms with Crippen LogP contribution in [0.1, 0.15) is 15.9 Å². The lowest BCUT2D eigenvalue weighted by Gasteiger charge is -2.18. The van der Waals surface area contributed by atoms with Gasteiger partial charge in [0.15, 0.2) is 17.3 Å². The zero-order valence-corrected chi connectivity index (χ0v) is 13.0. The van der Waals surface area contributed by atoms with E-state index >= 15 is 0 Å². The highest BCUT2D eigenvalue weighted by Gasteiger charge is 2.18. The standard InChI is InChI=1S/C16H11BrN2O3/c17-10-6-11-12(8-19-16(11)18-7-10)15(20)9-1-2-13-14(5-9)22-4-3-21-13/h1-2,5-8H,3-4H2,(H,18,19). The van der Waals surface area contributed by atoms with Crippen molar-refractivity contribution in [2.75, 3.05) is 13.2 Å². The SMILES string of the molecule is O=C(c1ccc2c(c1)OCCO2)c1c[nH]c2ncc(Br)cc12. The van der Waals surface area contributed by atoms with Gasteiger partial charge in [0.1, 0.15) is 18.9 Å². The predicted octanol–water partition coefficient (Wildman–Crippen LogP) is 3.33. The molecule has 0 aliphatic carbocycles. The van der Waals surface area contributed by atoms with E-state index in [-0.39, 0.29) is 5.78 Å². The first-order valence-corrected chi connectivity index (χ1v) is 7.58. The van der Waals surface area contributed by atoms with Gasteiger partial charge in [-0.2, -0.15) is 0 Å². The van der Waals surface area contributed by atoms with E-state index in [4.69, 9.17) is 9.47 Å². The number of carbonyl (C=O) groups excluding carboxylic acids is 1. The van der Waals surface area contributed by atoms with Crippen molar-refractivity contribution in [3.63, 3.8) is 0 Å². The summed E-state index contributed by atoms with van der Waals surface area (Å²) in [5.74, 6) is 1.20. The molecule has 0 amide bonds. The lowest BCUT2D eigenvalue weighted by atomic mass is 10.0. The van der Waals surface area contributed by atoms with Crippen molar-refractivity contribution >= 4 is 32.7 Å². The Labute approximate surface area is 134 Å². The highest BCUT2D eigenvalue weighted by atomic mass is 79.9. The van der Waals surface area contributed by atoms with Crippen LogP contribution in [0.3, 0.4) is 0 Å². The van der Waals surface area contributed by atoms with Crippen LogP contribution in [0.5, 0.6) is 11.5 Å². The lowest BCUT2D eigenvalue weighted by molar-refractivity contribution is 0.103. The van der Waals surface area contributed by atoms with Crippen LogP contribution >= 0.6 is 15.9 Å². The summed E-state index contributed by atoms with van der Waals surface area (Å²) in [7, 11) is 0. The summed E-state index contributed by atoms with van der Waals surface area (Å²) in [5, 5.41) is 0.786. The minimum absolute atomic E-state index is 0.0804. The number of halogens is 1. The fraction of sp³-hybridized carbons (Fsp3) is 0.125. The number of aromatic nitrogens is 2. The molecule has 0 atom stereocenters. The van der Waals surface area contributed by atoms with Gasteiger partial charge in [-0.1, -0.05) is 0 Å². The molecule has 0 saturated carbocycles. The molecule has 2 aromatic heterocycles. The van der Waals surface area contributed by atoms with Gasteiger partial charge < -0.3 is 14.5 Å². The first kappa shape index (κ1) is 13.3. The van der Waals surface area contributed by atoms with Crippen molar-refractivity contribution in [1.82, 2.24) is 9.97 Å². The second-order valence-electron chi connectivity index (χ2n) is 4.94. The number of ether oxygens (including phenoxy) is 2. The summed E-state index contributed by atoms with van der Waals surface area (Å²) in [6, 6.07) is 7.12. The molecule has 3 aromatic rings. The average molecular weight is 359 g/mol. The van der Waals surface area contributed by atoms with E-state index in [0.29, 0.717) is 41.5 Å². The smallest absolute Gasteiger partial charge is 0.195 e. The monoisotopic (exact) mass is 358 g/mol. The van der Waals surface area contributed by atoms with E-state index in [1.165, 1.54) is 0 Å². The summed E-state index contributed by atoms with van der Waals surface area (Å²) in [6.07, 6.45) is 3.38. The summed E-state index contributed by atoms with van der Waals surface area (Å²) in [4.78, 5) is 20.0. The van der Waals surface area contributed by atoms with Gasteiger partial charge in [-0.3, -0.25) is 4.79 Å². The molecule has 0 radical (unpaired) electrons. The molecule has 0 spiro atoms. The number of fused-ring (bicyclic) bond motifs is 2. The largest absolute Gasteiger partial charge is 0.486 e. The van der Waals surface area contributed by atoms with Gasteiger partial charge in [-0.05, 0) is 40.2 Å². The molecule has 1 aliphatic rings. The molecule has 1 aromatic carbocycles. The fourth-order valence-corrected chi connectivity index (χ4v) is 2.84. The van der Waals surface area contributed by atoms with Crippen molar-refractivity contribution in [2.24, 2.45) is 0 Å². The van der Waals surface area contributed by atoms with Crippen molar-refractivity contribution in [2.45, 2.75) is 0 Å². The molecular formula is C16H11BrN2O3. The van der Waals surface area contributed by atoms with E-state index in [2.05, 4.69) is 25.9 Å². The van der Waals surface area contributed by atoms with E-state index in [1.54, 1.807) is 30.6 Å². The van der Waals surface area contributed by atoms with Crippen molar-refractivity contribution in [3.05, 3.63) is 52.3 Å². The van der Waals surface area contributed by atoms with E-state index in [9.17, 15) is 4.79 Å². The molecule has 3 heterocycles. The van der Waals surface area contributed by atoms with Gasteiger partial charge in [0.05, 0.1) is 0 Å². The molecule has 0 bridgehead atoms.